The molecule has 2 aliphatic heterocycles. The summed E-state index contributed by atoms with van der Waals surface area (Å²) in [5.41, 5.74) is 0.589. The number of hydrogen-bond acceptors (Lipinski definition) is 2. The smallest absolute Gasteiger partial charge is 0.0745 e. The van der Waals surface area contributed by atoms with Gasteiger partial charge in [-0.25, -0.2) is 0 Å². The Morgan fingerprint density at radius 2 is 1.71 bits per heavy atom. The standard InChI is InChI=1S/C15H29NO/c1-14(2,3)13-11-8-7-9-17-12(11)10-16(13)15(4,5)6/h11-13H,7-10H2,1-6H3. The quantitative estimate of drug-likeness (QED) is 0.643. The highest BCUT2D eigenvalue weighted by Crippen LogP contribution is 2.44. The fourth-order valence-corrected chi connectivity index (χ4v) is 3.75. The number of ether oxygens (including phenoxy) is 1. The molecular weight excluding hydrogens is 210 g/mol. The summed E-state index contributed by atoms with van der Waals surface area (Å²) >= 11 is 0. The Labute approximate surface area is 107 Å². The van der Waals surface area contributed by atoms with Crippen LogP contribution in [0.15, 0.2) is 0 Å². The Morgan fingerprint density at radius 3 is 2.24 bits per heavy atom. The lowest BCUT2D eigenvalue weighted by Gasteiger charge is -2.45. The SMILES string of the molecule is CC(C)(C)C1C2CCCOC2CN1C(C)(C)C. The molecule has 2 nitrogen and oxygen atoms in total. The van der Waals surface area contributed by atoms with E-state index in [-0.39, 0.29) is 5.54 Å². The van der Waals surface area contributed by atoms with Gasteiger partial charge in [0, 0.05) is 30.7 Å². The number of nitrogens with zero attached hydrogens (tertiary/aromatic N) is 1. The average Bonchev–Trinajstić information content (AvgIpc) is 2.54. The first-order valence-corrected chi connectivity index (χ1v) is 7.09. The summed E-state index contributed by atoms with van der Waals surface area (Å²) in [7, 11) is 0. The van der Waals surface area contributed by atoms with Crippen molar-refractivity contribution in [3.63, 3.8) is 0 Å². The molecule has 3 unspecified atom stereocenters. The molecular formula is C15H29NO. The second kappa shape index (κ2) is 4.24. The van der Waals surface area contributed by atoms with Crippen molar-refractivity contribution >= 4 is 0 Å². The Hall–Kier alpha value is -0.0800. The molecule has 0 radical (unpaired) electrons. The van der Waals surface area contributed by atoms with Gasteiger partial charge in [0.1, 0.15) is 0 Å². The molecule has 0 aromatic carbocycles. The fourth-order valence-electron chi connectivity index (χ4n) is 3.75. The molecule has 0 saturated carbocycles. The van der Waals surface area contributed by atoms with Gasteiger partial charge in [-0.15, -0.1) is 0 Å². The van der Waals surface area contributed by atoms with Gasteiger partial charge in [0.15, 0.2) is 0 Å². The highest BCUT2D eigenvalue weighted by molar-refractivity contribution is 5.04. The Bertz CT molecular complexity index is 274. The topological polar surface area (TPSA) is 12.5 Å². The van der Waals surface area contributed by atoms with Crippen LogP contribution in [0.4, 0.5) is 0 Å². The summed E-state index contributed by atoms with van der Waals surface area (Å²) in [5.74, 6) is 0.739. The maximum absolute atomic E-state index is 6.01. The molecule has 0 amide bonds. The first-order chi connectivity index (χ1) is 7.71. The average molecular weight is 239 g/mol. The van der Waals surface area contributed by atoms with E-state index in [1.54, 1.807) is 0 Å². The highest BCUT2D eigenvalue weighted by atomic mass is 16.5. The van der Waals surface area contributed by atoms with Gasteiger partial charge in [-0.05, 0) is 39.0 Å². The van der Waals surface area contributed by atoms with Gasteiger partial charge in [-0.3, -0.25) is 4.90 Å². The van der Waals surface area contributed by atoms with Gasteiger partial charge >= 0.3 is 0 Å². The van der Waals surface area contributed by atoms with E-state index in [4.69, 9.17) is 4.74 Å². The zero-order chi connectivity index (χ0) is 12.8. The van der Waals surface area contributed by atoms with Crippen LogP contribution in [0.3, 0.4) is 0 Å². The monoisotopic (exact) mass is 239 g/mol. The maximum atomic E-state index is 6.01. The molecule has 0 aromatic rings. The van der Waals surface area contributed by atoms with Crippen molar-refractivity contribution in [2.75, 3.05) is 13.2 Å². The van der Waals surface area contributed by atoms with Crippen molar-refractivity contribution in [1.82, 2.24) is 4.90 Å². The summed E-state index contributed by atoms with van der Waals surface area (Å²) in [6.07, 6.45) is 3.07. The first-order valence-electron chi connectivity index (χ1n) is 7.09. The second-order valence-electron chi connectivity index (χ2n) is 7.85. The largest absolute Gasteiger partial charge is 0.377 e. The van der Waals surface area contributed by atoms with Gasteiger partial charge in [-0.1, -0.05) is 20.8 Å². The summed E-state index contributed by atoms with van der Waals surface area (Å²) in [6.45, 7) is 16.2. The lowest BCUT2D eigenvalue weighted by atomic mass is 9.75. The molecule has 0 aliphatic carbocycles. The lowest BCUT2D eigenvalue weighted by Crippen LogP contribution is -2.51. The second-order valence-corrected chi connectivity index (χ2v) is 7.85. The van der Waals surface area contributed by atoms with Crippen molar-refractivity contribution in [3.05, 3.63) is 0 Å². The fraction of sp³-hybridized carbons (Fsp3) is 1.00. The van der Waals surface area contributed by atoms with E-state index >= 15 is 0 Å². The molecule has 2 aliphatic rings. The van der Waals surface area contributed by atoms with Crippen molar-refractivity contribution in [3.8, 4) is 0 Å². The van der Waals surface area contributed by atoms with E-state index in [1.807, 2.05) is 0 Å². The summed E-state index contributed by atoms with van der Waals surface area (Å²) in [5, 5.41) is 0. The molecule has 0 N–H and O–H groups in total. The van der Waals surface area contributed by atoms with Gasteiger partial charge in [-0.2, -0.15) is 0 Å². The summed E-state index contributed by atoms with van der Waals surface area (Å²) in [6, 6.07) is 0.660. The van der Waals surface area contributed by atoms with Crippen molar-refractivity contribution in [2.24, 2.45) is 11.3 Å². The molecule has 3 atom stereocenters. The van der Waals surface area contributed by atoms with Crippen LogP contribution in [-0.4, -0.2) is 35.7 Å². The molecule has 17 heavy (non-hydrogen) atoms. The number of hydrogen-bond donors (Lipinski definition) is 0. The molecule has 2 fully saturated rings. The zero-order valence-electron chi connectivity index (χ0n) is 12.4. The van der Waals surface area contributed by atoms with Crippen LogP contribution >= 0.6 is 0 Å². The van der Waals surface area contributed by atoms with E-state index in [0.717, 1.165) is 19.1 Å². The third-order valence-electron chi connectivity index (χ3n) is 4.36. The van der Waals surface area contributed by atoms with Crippen LogP contribution in [-0.2, 0) is 4.74 Å². The number of likely N-dealkylation sites (tertiary alicyclic amines) is 1. The Kier molecular flexibility index (Phi) is 3.33. The normalized spacial score (nSPS) is 36.0. The van der Waals surface area contributed by atoms with Gasteiger partial charge in [0.25, 0.3) is 0 Å². The third kappa shape index (κ3) is 2.53. The molecule has 0 spiro atoms. The molecule has 0 aromatic heterocycles. The maximum Gasteiger partial charge on any atom is 0.0745 e. The van der Waals surface area contributed by atoms with E-state index in [2.05, 4.69) is 46.4 Å². The molecule has 2 heterocycles. The summed E-state index contributed by atoms with van der Waals surface area (Å²) in [4.78, 5) is 2.69. The van der Waals surface area contributed by atoms with Gasteiger partial charge < -0.3 is 4.74 Å². The van der Waals surface area contributed by atoms with E-state index < -0.39 is 0 Å². The minimum atomic E-state index is 0.249. The zero-order valence-corrected chi connectivity index (χ0v) is 12.4. The van der Waals surface area contributed by atoms with E-state index in [0.29, 0.717) is 17.6 Å². The molecule has 100 valence electrons. The lowest BCUT2D eigenvalue weighted by molar-refractivity contribution is -0.0149. The van der Waals surface area contributed by atoms with Crippen molar-refractivity contribution in [1.29, 1.82) is 0 Å². The number of rotatable bonds is 0. The molecule has 2 rings (SSSR count). The van der Waals surface area contributed by atoms with Gasteiger partial charge in [0.05, 0.1) is 6.10 Å². The number of fused-ring (bicyclic) bond motifs is 1. The van der Waals surface area contributed by atoms with Crippen molar-refractivity contribution < 1.29 is 4.74 Å². The minimum Gasteiger partial charge on any atom is -0.377 e. The molecule has 0 bridgehead atoms. The predicted octanol–water partition coefficient (Wildman–Crippen LogP) is 3.31. The van der Waals surface area contributed by atoms with Crippen LogP contribution in [0.5, 0.6) is 0 Å². The predicted molar refractivity (Wildman–Crippen MR) is 72.2 cm³/mol. The Morgan fingerprint density at radius 1 is 1.06 bits per heavy atom. The van der Waals surface area contributed by atoms with Crippen molar-refractivity contribution in [2.45, 2.75) is 72.1 Å². The molecule has 2 saturated heterocycles. The van der Waals surface area contributed by atoms with E-state index in [9.17, 15) is 0 Å². The van der Waals surface area contributed by atoms with Crippen LogP contribution in [0.1, 0.15) is 54.4 Å². The summed E-state index contributed by atoms with van der Waals surface area (Å²) < 4.78 is 6.01. The van der Waals surface area contributed by atoms with Crippen LogP contribution in [0.25, 0.3) is 0 Å². The third-order valence-corrected chi connectivity index (χ3v) is 4.36. The van der Waals surface area contributed by atoms with Gasteiger partial charge in [0.2, 0.25) is 0 Å². The minimum absolute atomic E-state index is 0.249. The molecule has 2 heteroatoms. The van der Waals surface area contributed by atoms with Crippen LogP contribution in [0.2, 0.25) is 0 Å². The highest BCUT2D eigenvalue weighted by Gasteiger charge is 2.51. The van der Waals surface area contributed by atoms with Crippen LogP contribution < -0.4 is 0 Å². The van der Waals surface area contributed by atoms with E-state index in [1.165, 1.54) is 12.8 Å². The first kappa shape index (κ1) is 13.4. The Balaban J connectivity index is 2.27. The van der Waals surface area contributed by atoms with Crippen LogP contribution in [0, 0.1) is 11.3 Å².